The normalized spacial score (nSPS) is 18.9. The number of ether oxygens (including phenoxy) is 2. The number of carbonyl (C=O) groups is 1. The number of hydrogen-bond donors (Lipinski definition) is 1. The molecule has 80 valence electrons. The van der Waals surface area contributed by atoms with Crippen molar-refractivity contribution in [1.29, 1.82) is 0 Å². The Kier molecular flexibility index (Phi) is 2.49. The second kappa shape index (κ2) is 3.81. The van der Waals surface area contributed by atoms with Gasteiger partial charge in [-0.2, -0.15) is 0 Å². The molecule has 1 aliphatic rings. The Hall–Kier alpha value is -1.71. The molecule has 0 radical (unpaired) electrons. The van der Waals surface area contributed by atoms with Crippen molar-refractivity contribution in [3.63, 3.8) is 0 Å². The summed E-state index contributed by atoms with van der Waals surface area (Å²) in [5.74, 6) is 0.882. The third-order valence-corrected chi connectivity index (χ3v) is 2.60. The number of carbonyl (C=O) groups excluding carboxylic acids is 1. The van der Waals surface area contributed by atoms with Crippen LogP contribution in [-0.4, -0.2) is 19.6 Å². The fourth-order valence-corrected chi connectivity index (χ4v) is 1.79. The zero-order valence-electron chi connectivity index (χ0n) is 8.53. The molecule has 1 amide bonds. The molecule has 1 aromatic carbocycles. The standard InChI is InChI=1S/C11H13NO3/c1-14-7-2-3-8-9(11(12)13)4-5-15-10(8)6-7/h2-3,6,9H,4-5H2,1H3,(H2,12,13). The number of methoxy groups -OCH3 is 1. The van der Waals surface area contributed by atoms with E-state index in [1.807, 2.05) is 12.1 Å². The summed E-state index contributed by atoms with van der Waals surface area (Å²) in [6.45, 7) is 0.522. The van der Waals surface area contributed by atoms with Crippen LogP contribution in [0.4, 0.5) is 0 Å². The van der Waals surface area contributed by atoms with Crippen molar-refractivity contribution in [3.8, 4) is 11.5 Å². The summed E-state index contributed by atoms with van der Waals surface area (Å²) in [5, 5.41) is 0. The minimum absolute atomic E-state index is 0.236. The molecule has 0 bridgehead atoms. The van der Waals surface area contributed by atoms with Gasteiger partial charge in [-0.25, -0.2) is 0 Å². The van der Waals surface area contributed by atoms with Gasteiger partial charge in [0, 0.05) is 11.6 Å². The first kappa shape index (κ1) is 9.83. The molecule has 0 aliphatic carbocycles. The number of primary amides is 1. The first-order chi connectivity index (χ1) is 7.22. The maximum atomic E-state index is 11.2. The van der Waals surface area contributed by atoms with E-state index in [0.29, 0.717) is 18.8 Å². The SMILES string of the molecule is COc1ccc2c(c1)OCCC2C(N)=O. The maximum absolute atomic E-state index is 11.2. The molecule has 0 spiro atoms. The largest absolute Gasteiger partial charge is 0.497 e. The van der Waals surface area contributed by atoms with Gasteiger partial charge in [0.05, 0.1) is 19.6 Å². The molecule has 1 unspecified atom stereocenters. The van der Waals surface area contributed by atoms with E-state index < -0.39 is 0 Å². The molecule has 0 saturated carbocycles. The molecule has 1 atom stereocenters. The van der Waals surface area contributed by atoms with E-state index in [9.17, 15) is 4.79 Å². The molecule has 4 nitrogen and oxygen atoms in total. The van der Waals surface area contributed by atoms with Gasteiger partial charge in [-0.05, 0) is 12.5 Å². The summed E-state index contributed by atoms with van der Waals surface area (Å²) in [5.41, 5.74) is 6.18. The Labute approximate surface area is 88.0 Å². The van der Waals surface area contributed by atoms with Gasteiger partial charge in [0.1, 0.15) is 11.5 Å². The monoisotopic (exact) mass is 207 g/mol. The molecular formula is C11H13NO3. The highest BCUT2D eigenvalue weighted by molar-refractivity contribution is 5.83. The molecular weight excluding hydrogens is 194 g/mol. The molecule has 1 heterocycles. The van der Waals surface area contributed by atoms with Crippen LogP contribution in [0.2, 0.25) is 0 Å². The predicted octanol–water partition coefficient (Wildman–Crippen LogP) is 1.05. The minimum atomic E-state index is -0.301. The van der Waals surface area contributed by atoms with Crippen LogP contribution in [-0.2, 0) is 4.79 Å². The van der Waals surface area contributed by atoms with Crippen molar-refractivity contribution >= 4 is 5.91 Å². The van der Waals surface area contributed by atoms with E-state index in [-0.39, 0.29) is 11.8 Å². The fourth-order valence-electron chi connectivity index (χ4n) is 1.79. The van der Waals surface area contributed by atoms with Gasteiger partial charge in [-0.15, -0.1) is 0 Å². The Bertz CT molecular complexity index is 389. The van der Waals surface area contributed by atoms with Crippen molar-refractivity contribution < 1.29 is 14.3 Å². The summed E-state index contributed by atoms with van der Waals surface area (Å²) in [7, 11) is 1.59. The highest BCUT2D eigenvalue weighted by atomic mass is 16.5. The number of fused-ring (bicyclic) bond motifs is 1. The fraction of sp³-hybridized carbons (Fsp3) is 0.364. The molecule has 2 rings (SSSR count). The van der Waals surface area contributed by atoms with Crippen molar-refractivity contribution in [2.24, 2.45) is 5.73 Å². The first-order valence-electron chi connectivity index (χ1n) is 4.82. The summed E-state index contributed by atoms with van der Waals surface area (Å²) >= 11 is 0. The first-order valence-corrected chi connectivity index (χ1v) is 4.82. The lowest BCUT2D eigenvalue weighted by Crippen LogP contribution is -2.26. The molecule has 4 heteroatoms. The second-order valence-electron chi connectivity index (χ2n) is 3.50. The van der Waals surface area contributed by atoms with Crippen LogP contribution in [0.5, 0.6) is 11.5 Å². The van der Waals surface area contributed by atoms with Gasteiger partial charge in [-0.1, -0.05) is 6.07 Å². The van der Waals surface area contributed by atoms with Gasteiger partial charge in [0.2, 0.25) is 5.91 Å². The van der Waals surface area contributed by atoms with Gasteiger partial charge >= 0.3 is 0 Å². The number of benzene rings is 1. The van der Waals surface area contributed by atoms with E-state index in [2.05, 4.69) is 0 Å². The van der Waals surface area contributed by atoms with Crippen LogP contribution in [0.1, 0.15) is 17.9 Å². The van der Waals surface area contributed by atoms with Crippen LogP contribution in [0.3, 0.4) is 0 Å². The highest BCUT2D eigenvalue weighted by Crippen LogP contribution is 2.35. The number of rotatable bonds is 2. The predicted molar refractivity (Wildman–Crippen MR) is 55.0 cm³/mol. The van der Waals surface area contributed by atoms with Crippen LogP contribution < -0.4 is 15.2 Å². The Morgan fingerprint density at radius 1 is 1.60 bits per heavy atom. The Balaban J connectivity index is 2.40. The molecule has 1 aromatic rings. The van der Waals surface area contributed by atoms with Crippen molar-refractivity contribution in [2.45, 2.75) is 12.3 Å². The highest BCUT2D eigenvalue weighted by Gasteiger charge is 2.25. The summed E-state index contributed by atoms with van der Waals surface area (Å²) in [6, 6.07) is 5.43. The van der Waals surface area contributed by atoms with E-state index in [1.54, 1.807) is 13.2 Å². The van der Waals surface area contributed by atoms with Gasteiger partial charge in [0.25, 0.3) is 0 Å². The Morgan fingerprint density at radius 2 is 2.40 bits per heavy atom. The number of nitrogens with two attached hydrogens (primary N) is 1. The van der Waals surface area contributed by atoms with Crippen LogP contribution in [0.25, 0.3) is 0 Å². The van der Waals surface area contributed by atoms with Gasteiger partial charge in [0.15, 0.2) is 0 Å². The summed E-state index contributed by atoms with van der Waals surface area (Å²) < 4.78 is 10.5. The van der Waals surface area contributed by atoms with Crippen LogP contribution in [0, 0.1) is 0 Å². The van der Waals surface area contributed by atoms with Gasteiger partial charge in [-0.3, -0.25) is 4.79 Å². The summed E-state index contributed by atoms with van der Waals surface area (Å²) in [4.78, 5) is 11.2. The minimum Gasteiger partial charge on any atom is -0.497 e. The topological polar surface area (TPSA) is 61.6 Å². The molecule has 15 heavy (non-hydrogen) atoms. The van der Waals surface area contributed by atoms with Crippen molar-refractivity contribution in [3.05, 3.63) is 23.8 Å². The third-order valence-electron chi connectivity index (χ3n) is 2.60. The zero-order chi connectivity index (χ0) is 10.8. The van der Waals surface area contributed by atoms with E-state index in [4.69, 9.17) is 15.2 Å². The van der Waals surface area contributed by atoms with Crippen LogP contribution in [0.15, 0.2) is 18.2 Å². The molecule has 1 aliphatic heterocycles. The number of amides is 1. The van der Waals surface area contributed by atoms with E-state index >= 15 is 0 Å². The van der Waals surface area contributed by atoms with Gasteiger partial charge < -0.3 is 15.2 Å². The maximum Gasteiger partial charge on any atom is 0.225 e. The zero-order valence-corrected chi connectivity index (χ0v) is 8.53. The van der Waals surface area contributed by atoms with Crippen LogP contribution >= 0.6 is 0 Å². The Morgan fingerprint density at radius 3 is 3.07 bits per heavy atom. The molecule has 0 saturated heterocycles. The second-order valence-corrected chi connectivity index (χ2v) is 3.50. The lowest BCUT2D eigenvalue weighted by molar-refractivity contribution is -0.120. The molecule has 0 aromatic heterocycles. The quantitative estimate of drug-likeness (QED) is 0.788. The van der Waals surface area contributed by atoms with E-state index in [1.165, 1.54) is 0 Å². The lowest BCUT2D eigenvalue weighted by Gasteiger charge is -2.23. The number of hydrogen-bond acceptors (Lipinski definition) is 3. The molecule has 0 fully saturated rings. The lowest BCUT2D eigenvalue weighted by atomic mass is 9.92. The summed E-state index contributed by atoms with van der Waals surface area (Å²) in [6.07, 6.45) is 0.647. The van der Waals surface area contributed by atoms with Crippen molar-refractivity contribution in [1.82, 2.24) is 0 Å². The average Bonchev–Trinajstić information content (AvgIpc) is 2.27. The third kappa shape index (κ3) is 1.75. The molecule has 2 N–H and O–H groups in total. The smallest absolute Gasteiger partial charge is 0.225 e. The van der Waals surface area contributed by atoms with Crippen molar-refractivity contribution in [2.75, 3.05) is 13.7 Å². The van der Waals surface area contributed by atoms with E-state index in [0.717, 1.165) is 11.3 Å². The average molecular weight is 207 g/mol.